The molecule has 0 bridgehead atoms. The molecule has 104 valence electrons. The van der Waals surface area contributed by atoms with Crippen LogP contribution in [0.25, 0.3) is 0 Å². The number of hydrogen-bond donors (Lipinski definition) is 0. The van der Waals surface area contributed by atoms with Crippen molar-refractivity contribution >= 4 is 7.82 Å². The second kappa shape index (κ2) is 9.06. The molecule has 0 aliphatic carbocycles. The highest BCUT2D eigenvalue weighted by Crippen LogP contribution is 2.48. The SMILES string of the molecule is COP(=O)(OCCCCN(C)C)OCC(C)C. The fourth-order valence-electron chi connectivity index (χ4n) is 1.09. The predicted molar refractivity (Wildman–Crippen MR) is 69.1 cm³/mol. The van der Waals surface area contributed by atoms with E-state index in [1.54, 1.807) is 0 Å². The van der Waals surface area contributed by atoms with E-state index in [9.17, 15) is 4.57 Å². The maximum absolute atomic E-state index is 11.9. The smallest absolute Gasteiger partial charge is 0.309 e. The van der Waals surface area contributed by atoms with Crippen LogP contribution in [0.3, 0.4) is 0 Å². The first-order chi connectivity index (χ1) is 7.89. The Balaban J connectivity index is 3.76. The number of nitrogens with zero attached hydrogens (tertiary/aromatic N) is 1. The van der Waals surface area contributed by atoms with E-state index in [1.165, 1.54) is 7.11 Å². The summed E-state index contributed by atoms with van der Waals surface area (Å²) in [5, 5.41) is 0. The van der Waals surface area contributed by atoms with Gasteiger partial charge in [0.15, 0.2) is 0 Å². The summed E-state index contributed by atoms with van der Waals surface area (Å²) in [6.07, 6.45) is 1.84. The molecule has 0 spiro atoms. The van der Waals surface area contributed by atoms with Crippen LogP contribution in [-0.4, -0.2) is 45.9 Å². The van der Waals surface area contributed by atoms with Crippen molar-refractivity contribution in [1.29, 1.82) is 0 Å². The molecule has 5 nitrogen and oxygen atoms in total. The minimum Gasteiger partial charge on any atom is -0.309 e. The van der Waals surface area contributed by atoms with Gasteiger partial charge in [-0.3, -0.25) is 13.6 Å². The van der Waals surface area contributed by atoms with Gasteiger partial charge < -0.3 is 4.90 Å². The molecule has 1 unspecified atom stereocenters. The Morgan fingerprint density at radius 3 is 2.29 bits per heavy atom. The Morgan fingerprint density at radius 1 is 1.18 bits per heavy atom. The van der Waals surface area contributed by atoms with Crippen LogP contribution in [0, 0.1) is 5.92 Å². The van der Waals surface area contributed by atoms with E-state index < -0.39 is 7.82 Å². The highest BCUT2D eigenvalue weighted by atomic mass is 31.2. The topological polar surface area (TPSA) is 48.0 Å². The molecule has 0 aliphatic rings. The van der Waals surface area contributed by atoms with Gasteiger partial charge in [-0.15, -0.1) is 0 Å². The fourth-order valence-corrected chi connectivity index (χ4v) is 2.21. The third-order valence-corrected chi connectivity index (χ3v) is 3.45. The lowest BCUT2D eigenvalue weighted by Gasteiger charge is -2.17. The summed E-state index contributed by atoms with van der Waals surface area (Å²) in [6, 6.07) is 0. The Labute approximate surface area is 105 Å². The molecular weight excluding hydrogens is 241 g/mol. The third-order valence-electron chi connectivity index (χ3n) is 2.04. The van der Waals surface area contributed by atoms with E-state index in [0.29, 0.717) is 19.1 Å². The van der Waals surface area contributed by atoms with Crippen LogP contribution >= 0.6 is 7.82 Å². The third kappa shape index (κ3) is 9.74. The van der Waals surface area contributed by atoms with Crippen molar-refractivity contribution in [2.24, 2.45) is 5.92 Å². The molecule has 0 radical (unpaired) electrons. The molecule has 0 aromatic carbocycles. The summed E-state index contributed by atoms with van der Waals surface area (Å²) in [4.78, 5) is 2.10. The lowest BCUT2D eigenvalue weighted by atomic mass is 10.2. The zero-order valence-electron chi connectivity index (χ0n) is 11.6. The summed E-state index contributed by atoms with van der Waals surface area (Å²) in [5.41, 5.74) is 0. The molecule has 0 aromatic heterocycles. The van der Waals surface area contributed by atoms with Crippen LogP contribution in [-0.2, 0) is 18.1 Å². The summed E-state index contributed by atoms with van der Waals surface area (Å²) < 4.78 is 27.1. The van der Waals surface area contributed by atoms with E-state index in [2.05, 4.69) is 4.90 Å². The molecular formula is C11H26NO4P. The molecule has 0 N–H and O–H groups in total. The highest BCUT2D eigenvalue weighted by Gasteiger charge is 2.24. The highest BCUT2D eigenvalue weighted by molar-refractivity contribution is 7.48. The second-order valence-corrected chi connectivity index (χ2v) is 6.44. The first-order valence-corrected chi connectivity index (χ1v) is 7.45. The van der Waals surface area contributed by atoms with Crippen LogP contribution in [0.1, 0.15) is 26.7 Å². The number of rotatable bonds is 10. The summed E-state index contributed by atoms with van der Waals surface area (Å²) in [6.45, 7) is 5.74. The Hall–Kier alpha value is 0.0700. The predicted octanol–water partition coefficient (Wildman–Crippen LogP) is 2.77. The monoisotopic (exact) mass is 267 g/mol. The van der Waals surface area contributed by atoms with Gasteiger partial charge in [0.2, 0.25) is 0 Å². The average Bonchev–Trinajstić information content (AvgIpc) is 2.25. The zero-order chi connectivity index (χ0) is 13.3. The molecule has 0 saturated carbocycles. The van der Waals surface area contributed by atoms with Crippen LogP contribution in [0.15, 0.2) is 0 Å². The molecule has 6 heteroatoms. The molecule has 0 rings (SSSR count). The minimum atomic E-state index is -3.33. The van der Waals surface area contributed by atoms with Gasteiger partial charge in [0.05, 0.1) is 13.2 Å². The molecule has 0 aliphatic heterocycles. The first kappa shape index (κ1) is 17.1. The zero-order valence-corrected chi connectivity index (χ0v) is 12.5. The van der Waals surface area contributed by atoms with Crippen LogP contribution < -0.4 is 0 Å². The van der Waals surface area contributed by atoms with Crippen molar-refractivity contribution in [3.8, 4) is 0 Å². The minimum absolute atomic E-state index is 0.302. The van der Waals surface area contributed by atoms with E-state index >= 15 is 0 Å². The Morgan fingerprint density at radius 2 is 1.82 bits per heavy atom. The standard InChI is InChI=1S/C11H26NO4P/c1-11(2)10-16-17(13,14-5)15-9-7-6-8-12(3)4/h11H,6-10H2,1-5H3. The van der Waals surface area contributed by atoms with Crippen molar-refractivity contribution in [2.75, 3.05) is 41.0 Å². The maximum atomic E-state index is 11.9. The molecule has 0 aromatic rings. The average molecular weight is 267 g/mol. The molecule has 1 atom stereocenters. The molecule has 17 heavy (non-hydrogen) atoms. The van der Waals surface area contributed by atoms with Crippen molar-refractivity contribution in [1.82, 2.24) is 4.90 Å². The maximum Gasteiger partial charge on any atom is 0.474 e. The Kier molecular flexibility index (Phi) is 9.10. The van der Waals surface area contributed by atoms with E-state index in [0.717, 1.165) is 19.4 Å². The normalized spacial score (nSPS) is 15.5. The summed E-state index contributed by atoms with van der Waals surface area (Å²) >= 11 is 0. The van der Waals surface area contributed by atoms with Crippen molar-refractivity contribution in [3.63, 3.8) is 0 Å². The van der Waals surface area contributed by atoms with Gasteiger partial charge in [-0.1, -0.05) is 13.8 Å². The van der Waals surface area contributed by atoms with Gasteiger partial charge in [0.25, 0.3) is 0 Å². The lowest BCUT2D eigenvalue weighted by Crippen LogP contribution is -2.13. The summed E-state index contributed by atoms with van der Waals surface area (Å²) in [7, 11) is 2.06. The van der Waals surface area contributed by atoms with Crippen LogP contribution in [0.2, 0.25) is 0 Å². The molecule has 0 heterocycles. The largest absolute Gasteiger partial charge is 0.474 e. The van der Waals surface area contributed by atoms with E-state index in [1.807, 2.05) is 27.9 Å². The van der Waals surface area contributed by atoms with Gasteiger partial charge >= 0.3 is 7.82 Å². The molecule has 0 fully saturated rings. The quantitative estimate of drug-likeness (QED) is 0.450. The van der Waals surface area contributed by atoms with Gasteiger partial charge in [-0.05, 0) is 39.4 Å². The lowest BCUT2D eigenvalue weighted by molar-refractivity contribution is 0.118. The number of hydrogen-bond acceptors (Lipinski definition) is 5. The van der Waals surface area contributed by atoms with Gasteiger partial charge in [-0.25, -0.2) is 4.57 Å². The van der Waals surface area contributed by atoms with Crippen molar-refractivity contribution in [3.05, 3.63) is 0 Å². The number of phosphoric ester groups is 1. The Bertz CT molecular complexity index is 234. The first-order valence-electron chi connectivity index (χ1n) is 5.99. The van der Waals surface area contributed by atoms with Crippen LogP contribution in [0.4, 0.5) is 0 Å². The summed E-state index contributed by atoms with van der Waals surface area (Å²) in [5.74, 6) is 0.302. The van der Waals surface area contributed by atoms with Gasteiger partial charge in [-0.2, -0.15) is 0 Å². The number of phosphoric acid groups is 1. The molecule has 0 amide bonds. The van der Waals surface area contributed by atoms with Gasteiger partial charge in [0, 0.05) is 7.11 Å². The fraction of sp³-hybridized carbons (Fsp3) is 1.00. The van der Waals surface area contributed by atoms with E-state index in [4.69, 9.17) is 13.6 Å². The van der Waals surface area contributed by atoms with Crippen LogP contribution in [0.5, 0.6) is 0 Å². The second-order valence-electron chi connectivity index (χ2n) is 4.66. The molecule has 0 saturated heterocycles. The van der Waals surface area contributed by atoms with Crippen molar-refractivity contribution in [2.45, 2.75) is 26.7 Å². The van der Waals surface area contributed by atoms with E-state index in [-0.39, 0.29) is 0 Å². The number of unbranched alkanes of at least 4 members (excludes halogenated alkanes) is 1. The van der Waals surface area contributed by atoms with Crippen molar-refractivity contribution < 1.29 is 18.1 Å². The van der Waals surface area contributed by atoms with Gasteiger partial charge in [0.1, 0.15) is 0 Å².